The molecule has 4 rings (SSSR count). The topological polar surface area (TPSA) is 11.3 Å². The van der Waals surface area contributed by atoms with E-state index >= 15 is 0 Å². The van der Waals surface area contributed by atoms with E-state index in [0.717, 1.165) is 12.2 Å². The van der Waals surface area contributed by atoms with Crippen LogP contribution in [0.25, 0.3) is 5.57 Å². The Morgan fingerprint density at radius 1 is 0.724 bits per heavy atom. The first kappa shape index (κ1) is 20.8. The lowest BCUT2D eigenvalue weighted by molar-refractivity contribution is -0.417. The molecule has 0 aliphatic heterocycles. The summed E-state index contributed by atoms with van der Waals surface area (Å²) in [6.45, 7) is 4.36. The molecule has 150 valence electrons. The molecule has 1 nitrogen and oxygen atoms in total. The Balaban J connectivity index is 0.000000431. The number of allylic oxidation sites excluding steroid dienone is 5. The van der Waals surface area contributed by atoms with Gasteiger partial charge >= 0.3 is 13.0 Å². The van der Waals surface area contributed by atoms with Crippen molar-refractivity contribution in [1.29, 1.82) is 0 Å². The smallest absolute Gasteiger partial charge is 0.418 e. The molecule has 0 amide bonds. The Hall–Kier alpha value is -2.89. The van der Waals surface area contributed by atoms with Gasteiger partial charge in [-0.05, 0) is 64.8 Å². The normalized spacial score (nSPS) is 15.5. The Bertz CT molecular complexity index is 981. The van der Waals surface area contributed by atoms with Gasteiger partial charge in [-0.3, -0.25) is 4.42 Å². The lowest BCUT2D eigenvalue weighted by Crippen LogP contribution is -2.12. The first-order chi connectivity index (χ1) is 13.7. The molecule has 0 saturated carbocycles. The van der Waals surface area contributed by atoms with Crippen LogP contribution in [0.2, 0.25) is 0 Å². The fraction of sp³-hybridized carbons (Fsp3) is 0.174. The van der Waals surface area contributed by atoms with Crippen molar-refractivity contribution in [3.8, 4) is 0 Å². The molecule has 0 heterocycles. The van der Waals surface area contributed by atoms with Crippen LogP contribution < -0.4 is 0 Å². The van der Waals surface area contributed by atoms with Crippen molar-refractivity contribution in [3.63, 3.8) is 0 Å². The quantitative estimate of drug-likeness (QED) is 0.237. The molecule has 0 bridgehead atoms. The van der Waals surface area contributed by atoms with Gasteiger partial charge in [-0.15, -0.1) is 0 Å². The van der Waals surface area contributed by atoms with Crippen molar-refractivity contribution in [2.75, 3.05) is 7.11 Å². The van der Waals surface area contributed by atoms with Gasteiger partial charge in [-0.1, -0.05) is 48.5 Å². The first-order valence-corrected chi connectivity index (χ1v) is 9.25. The molecule has 0 unspecified atom stereocenters. The molecule has 0 atom stereocenters. The van der Waals surface area contributed by atoms with Crippen molar-refractivity contribution >= 4 is 18.6 Å². The van der Waals surface area contributed by atoms with E-state index in [0.29, 0.717) is 0 Å². The van der Waals surface area contributed by atoms with Crippen molar-refractivity contribution in [1.82, 2.24) is 0 Å². The molecular weight excluding hydrogens is 379 g/mol. The molecule has 0 spiro atoms. The minimum atomic E-state index is -6.00. The van der Waals surface area contributed by atoms with E-state index in [1.54, 1.807) is 7.11 Å². The van der Waals surface area contributed by atoms with E-state index in [9.17, 15) is 17.3 Å². The molecule has 0 saturated heterocycles. The summed E-state index contributed by atoms with van der Waals surface area (Å²) in [5, 5.41) is 0. The zero-order chi connectivity index (χ0) is 21.2. The molecular formula is C23H21BF4O. The van der Waals surface area contributed by atoms with Gasteiger partial charge < -0.3 is 17.3 Å². The maximum atomic E-state index is 9.75. The van der Waals surface area contributed by atoms with Gasteiger partial charge in [0.1, 0.15) is 0 Å². The zero-order valence-corrected chi connectivity index (χ0v) is 16.5. The molecule has 2 aromatic carbocycles. The second kappa shape index (κ2) is 8.23. The third kappa shape index (κ3) is 4.76. The zero-order valence-electron chi connectivity index (χ0n) is 16.5. The summed E-state index contributed by atoms with van der Waals surface area (Å²) in [4.78, 5) is 0. The van der Waals surface area contributed by atoms with E-state index in [2.05, 4.69) is 74.5 Å². The standard InChI is InChI=1S/C23H21O.BF4/c1-15-12-19(24-3)13-16(2)22(15)23-20-10-6-4-8-17(20)14-18-9-5-7-11-21(18)23;2-1(3,4)5/h4-13H,14H2,1-3H3;/q+1;-1. The highest BCUT2D eigenvalue weighted by molar-refractivity contribution is 6.50. The number of benzene rings is 2. The minimum Gasteiger partial charge on any atom is -0.418 e. The molecule has 0 fully saturated rings. The molecule has 0 radical (unpaired) electrons. The van der Waals surface area contributed by atoms with Crippen LogP contribution in [-0.4, -0.2) is 20.1 Å². The molecule has 2 aliphatic rings. The van der Waals surface area contributed by atoms with Gasteiger partial charge in [0.15, 0.2) is 0 Å². The van der Waals surface area contributed by atoms with Crippen LogP contribution >= 0.6 is 0 Å². The number of rotatable bonds is 0. The van der Waals surface area contributed by atoms with Gasteiger partial charge in [0.05, 0.1) is 0 Å². The third-order valence-electron chi connectivity index (χ3n) is 4.95. The second-order valence-electron chi connectivity index (χ2n) is 7.00. The van der Waals surface area contributed by atoms with Crippen LogP contribution in [0.3, 0.4) is 0 Å². The first-order valence-electron chi connectivity index (χ1n) is 9.25. The van der Waals surface area contributed by atoms with Gasteiger partial charge in [0.2, 0.25) is 0 Å². The van der Waals surface area contributed by atoms with Crippen molar-refractivity contribution < 1.29 is 21.7 Å². The van der Waals surface area contributed by atoms with Gasteiger partial charge in [-0.2, -0.15) is 0 Å². The molecule has 0 aromatic heterocycles. The van der Waals surface area contributed by atoms with Crippen LogP contribution in [0.1, 0.15) is 36.1 Å². The number of hydrogen-bond donors (Lipinski definition) is 0. The van der Waals surface area contributed by atoms with E-state index in [-0.39, 0.29) is 0 Å². The number of hydrogen-bond acceptors (Lipinski definition) is 0. The number of halogens is 4. The van der Waals surface area contributed by atoms with Crippen LogP contribution in [0.15, 0.2) is 77.4 Å². The second-order valence-corrected chi connectivity index (χ2v) is 7.00. The van der Waals surface area contributed by atoms with Crippen LogP contribution in [0, 0.1) is 0 Å². The molecule has 6 heteroatoms. The summed E-state index contributed by atoms with van der Waals surface area (Å²) >= 11 is 0. The van der Waals surface area contributed by atoms with E-state index in [4.69, 9.17) is 4.42 Å². The maximum Gasteiger partial charge on any atom is 0.673 e. The predicted molar refractivity (Wildman–Crippen MR) is 110 cm³/mol. The van der Waals surface area contributed by atoms with Crippen molar-refractivity contribution in [2.45, 2.75) is 20.3 Å². The van der Waals surface area contributed by atoms with E-state index in [1.807, 2.05) is 0 Å². The molecule has 0 N–H and O–H groups in total. The number of fused-ring (bicyclic) bond motifs is 2. The maximum absolute atomic E-state index is 9.75. The molecule has 29 heavy (non-hydrogen) atoms. The number of carbonyl (C=O) groups excluding carboxylic acids is 1. The average Bonchev–Trinajstić information content (AvgIpc) is 2.65. The van der Waals surface area contributed by atoms with Crippen LogP contribution in [0.5, 0.6) is 0 Å². The summed E-state index contributed by atoms with van der Waals surface area (Å²) in [6, 6.07) is 17.6. The largest absolute Gasteiger partial charge is 0.673 e. The fourth-order valence-electron chi connectivity index (χ4n) is 3.89. The average molecular weight is 400 g/mol. The van der Waals surface area contributed by atoms with Gasteiger partial charge in [0, 0.05) is 12.2 Å². The summed E-state index contributed by atoms with van der Waals surface area (Å²) in [5.74, 6) is 0.923. The van der Waals surface area contributed by atoms with Gasteiger partial charge in [-0.25, -0.2) is 0 Å². The summed E-state index contributed by atoms with van der Waals surface area (Å²) in [6.07, 6.45) is 5.27. The SMILES string of the molecule is C[O+]=C1C=C(C)C(=C2c3ccccc3Cc3ccccc32)C(C)=C1.F[B-](F)(F)F. The Kier molecular flexibility index (Phi) is 5.92. The monoisotopic (exact) mass is 400 g/mol. The van der Waals surface area contributed by atoms with Crippen LogP contribution in [0.4, 0.5) is 17.3 Å². The van der Waals surface area contributed by atoms with Crippen molar-refractivity contribution in [2.24, 2.45) is 0 Å². The van der Waals surface area contributed by atoms with Crippen LogP contribution in [-0.2, 0) is 10.8 Å². The Labute approximate surface area is 167 Å². The minimum absolute atomic E-state index is 0.923. The van der Waals surface area contributed by atoms with E-state index < -0.39 is 7.25 Å². The lowest BCUT2D eigenvalue weighted by atomic mass is 9.76. The summed E-state index contributed by atoms with van der Waals surface area (Å²) < 4.78 is 44.4. The Morgan fingerprint density at radius 2 is 1.14 bits per heavy atom. The highest BCUT2D eigenvalue weighted by Crippen LogP contribution is 2.42. The third-order valence-corrected chi connectivity index (χ3v) is 4.95. The highest BCUT2D eigenvalue weighted by atomic mass is 19.5. The summed E-state index contributed by atoms with van der Waals surface area (Å²) in [5.41, 5.74) is 10.7. The summed E-state index contributed by atoms with van der Waals surface area (Å²) in [7, 11) is -4.27. The molecule has 2 aromatic rings. The van der Waals surface area contributed by atoms with Gasteiger partial charge in [0.25, 0.3) is 7.11 Å². The predicted octanol–water partition coefficient (Wildman–Crippen LogP) is 6.33. The molecule has 2 aliphatic carbocycles. The van der Waals surface area contributed by atoms with Crippen molar-refractivity contribution in [3.05, 3.63) is 99.7 Å². The lowest BCUT2D eigenvalue weighted by Gasteiger charge is -2.27. The number of ketones is 1. The Morgan fingerprint density at radius 3 is 1.55 bits per heavy atom. The highest BCUT2D eigenvalue weighted by Gasteiger charge is 2.26. The van der Waals surface area contributed by atoms with E-state index in [1.165, 1.54) is 44.5 Å². The fourth-order valence-corrected chi connectivity index (χ4v) is 3.89.